The lowest BCUT2D eigenvalue weighted by Crippen LogP contribution is -2.31. The monoisotopic (exact) mass is 299 g/mol. The number of para-hydroxylation sites is 1. The van der Waals surface area contributed by atoms with Gasteiger partial charge in [-0.25, -0.2) is 17.6 Å². The molecule has 0 aliphatic heterocycles. The molecule has 7 nitrogen and oxygen atoms in total. The van der Waals surface area contributed by atoms with E-state index in [1.165, 1.54) is 25.1 Å². The van der Waals surface area contributed by atoms with E-state index in [4.69, 9.17) is 0 Å². The number of hydrogen-bond acceptors (Lipinski definition) is 4. The maximum absolute atomic E-state index is 13.4. The first-order chi connectivity index (χ1) is 9.31. The molecule has 2 rings (SSSR count). The number of anilines is 1. The quantitative estimate of drug-likeness (QED) is 0.757. The molecule has 0 saturated heterocycles. The molecule has 0 spiro atoms. The fraction of sp³-hybridized carbons (Fsp3) is 0.0909. The van der Waals surface area contributed by atoms with Gasteiger partial charge in [-0.1, -0.05) is 12.1 Å². The molecule has 9 heteroatoms. The number of rotatable bonds is 3. The van der Waals surface area contributed by atoms with Crippen molar-refractivity contribution in [3.8, 4) is 0 Å². The summed E-state index contributed by atoms with van der Waals surface area (Å²) in [7, 11) is -4.32. The van der Waals surface area contributed by atoms with Gasteiger partial charge in [0.1, 0.15) is 5.82 Å². The first-order valence-electron chi connectivity index (χ1n) is 5.42. The van der Waals surface area contributed by atoms with Crippen molar-refractivity contribution >= 4 is 15.7 Å². The summed E-state index contributed by atoms with van der Waals surface area (Å²) in [5, 5.41) is 0. The van der Waals surface area contributed by atoms with Crippen LogP contribution in [0.5, 0.6) is 0 Å². The van der Waals surface area contributed by atoms with Gasteiger partial charge in [-0.3, -0.25) is 14.5 Å². The Morgan fingerprint density at radius 3 is 2.40 bits per heavy atom. The standard InChI is InChI=1S/C11H10FN3O4S/c1-6-9(10(16)14-11(17)13-6)20(18,19)15-8-5-3-2-4-7(8)12/h2-5,15H,1H3,(H2,13,14,16,17). The lowest BCUT2D eigenvalue weighted by Gasteiger charge is -2.09. The van der Waals surface area contributed by atoms with Gasteiger partial charge in [0.25, 0.3) is 15.6 Å². The molecule has 1 aromatic heterocycles. The van der Waals surface area contributed by atoms with Crippen LogP contribution in [0.15, 0.2) is 38.8 Å². The highest BCUT2D eigenvalue weighted by molar-refractivity contribution is 7.92. The third-order valence-corrected chi connectivity index (χ3v) is 3.98. The van der Waals surface area contributed by atoms with E-state index in [9.17, 15) is 22.4 Å². The van der Waals surface area contributed by atoms with Gasteiger partial charge in [0.2, 0.25) is 0 Å². The number of halogens is 1. The third-order valence-electron chi connectivity index (χ3n) is 2.46. The normalized spacial score (nSPS) is 11.3. The molecule has 0 unspecified atom stereocenters. The van der Waals surface area contributed by atoms with Crippen molar-refractivity contribution in [2.24, 2.45) is 0 Å². The molecule has 106 valence electrons. The first-order valence-corrected chi connectivity index (χ1v) is 6.90. The van der Waals surface area contributed by atoms with Gasteiger partial charge in [-0.05, 0) is 19.1 Å². The summed E-state index contributed by atoms with van der Waals surface area (Å²) in [6.07, 6.45) is 0. The van der Waals surface area contributed by atoms with Crippen LogP contribution in [0.1, 0.15) is 5.69 Å². The number of sulfonamides is 1. The van der Waals surface area contributed by atoms with E-state index in [1.54, 1.807) is 4.98 Å². The van der Waals surface area contributed by atoms with Crippen LogP contribution in [-0.2, 0) is 10.0 Å². The Labute approximate surface area is 112 Å². The van der Waals surface area contributed by atoms with Gasteiger partial charge < -0.3 is 4.98 Å². The minimum atomic E-state index is -4.32. The number of aromatic amines is 2. The third kappa shape index (κ3) is 2.62. The summed E-state index contributed by atoms with van der Waals surface area (Å²) in [5.41, 5.74) is -2.33. The van der Waals surface area contributed by atoms with E-state index in [1.807, 2.05) is 4.72 Å². The summed E-state index contributed by atoms with van der Waals surface area (Å²) in [4.78, 5) is 25.9. The molecule has 0 fully saturated rings. The highest BCUT2D eigenvalue weighted by Gasteiger charge is 2.23. The number of aryl methyl sites for hydroxylation is 1. The van der Waals surface area contributed by atoms with Crippen LogP contribution >= 0.6 is 0 Å². The van der Waals surface area contributed by atoms with Crippen molar-refractivity contribution in [3.63, 3.8) is 0 Å². The molecule has 0 saturated carbocycles. The smallest absolute Gasteiger partial charge is 0.310 e. The van der Waals surface area contributed by atoms with Gasteiger partial charge in [0.05, 0.1) is 5.69 Å². The molecular formula is C11H10FN3O4S. The number of hydrogen-bond donors (Lipinski definition) is 3. The summed E-state index contributed by atoms with van der Waals surface area (Å²) in [5.74, 6) is -0.783. The Morgan fingerprint density at radius 2 is 1.80 bits per heavy atom. The van der Waals surface area contributed by atoms with Crippen molar-refractivity contribution in [1.29, 1.82) is 0 Å². The van der Waals surface area contributed by atoms with Crippen LogP contribution in [0.2, 0.25) is 0 Å². The van der Waals surface area contributed by atoms with Gasteiger partial charge in [-0.2, -0.15) is 0 Å². The second-order valence-corrected chi connectivity index (χ2v) is 5.57. The highest BCUT2D eigenvalue weighted by atomic mass is 32.2. The minimum Gasteiger partial charge on any atom is -0.310 e. The van der Waals surface area contributed by atoms with Crippen molar-refractivity contribution < 1.29 is 12.8 Å². The topological polar surface area (TPSA) is 112 Å². The first kappa shape index (κ1) is 14.0. The zero-order valence-electron chi connectivity index (χ0n) is 10.2. The fourth-order valence-electron chi connectivity index (χ4n) is 1.65. The second kappa shape index (κ2) is 4.93. The van der Waals surface area contributed by atoms with E-state index in [0.717, 1.165) is 6.07 Å². The molecule has 0 bridgehead atoms. The molecular weight excluding hydrogens is 289 g/mol. The van der Waals surface area contributed by atoms with Crippen LogP contribution in [-0.4, -0.2) is 18.4 Å². The maximum Gasteiger partial charge on any atom is 0.325 e. The summed E-state index contributed by atoms with van der Waals surface area (Å²) in [6, 6.07) is 5.11. The SMILES string of the molecule is Cc1[nH]c(=O)[nH]c(=O)c1S(=O)(=O)Nc1ccccc1F. The Hall–Kier alpha value is -2.42. The molecule has 1 aromatic carbocycles. The van der Waals surface area contributed by atoms with E-state index in [2.05, 4.69) is 4.98 Å². The van der Waals surface area contributed by atoms with Crippen LogP contribution in [0.4, 0.5) is 10.1 Å². The van der Waals surface area contributed by atoms with Crippen LogP contribution in [0.3, 0.4) is 0 Å². The zero-order valence-corrected chi connectivity index (χ0v) is 11.0. The second-order valence-electron chi connectivity index (χ2n) is 3.95. The van der Waals surface area contributed by atoms with Crippen molar-refractivity contribution in [2.45, 2.75) is 11.8 Å². The van der Waals surface area contributed by atoms with Crippen molar-refractivity contribution in [1.82, 2.24) is 9.97 Å². The van der Waals surface area contributed by atoms with Gasteiger partial charge in [0.15, 0.2) is 4.90 Å². The largest absolute Gasteiger partial charge is 0.325 e. The Kier molecular flexibility index (Phi) is 3.45. The molecule has 20 heavy (non-hydrogen) atoms. The van der Waals surface area contributed by atoms with Gasteiger partial charge in [0, 0.05) is 5.69 Å². The molecule has 0 atom stereocenters. The average Bonchev–Trinajstić information content (AvgIpc) is 2.30. The Bertz CT molecular complexity index is 870. The Morgan fingerprint density at radius 1 is 1.15 bits per heavy atom. The molecule has 3 N–H and O–H groups in total. The molecule has 0 amide bonds. The molecule has 0 radical (unpaired) electrons. The van der Waals surface area contributed by atoms with Crippen LogP contribution in [0.25, 0.3) is 0 Å². The number of nitrogens with one attached hydrogen (secondary N) is 3. The number of benzene rings is 1. The van der Waals surface area contributed by atoms with Crippen molar-refractivity contribution in [3.05, 3.63) is 56.6 Å². The van der Waals surface area contributed by atoms with Gasteiger partial charge in [-0.15, -0.1) is 0 Å². The highest BCUT2D eigenvalue weighted by Crippen LogP contribution is 2.17. The summed E-state index contributed by atoms with van der Waals surface area (Å²) >= 11 is 0. The zero-order chi connectivity index (χ0) is 14.9. The number of aromatic nitrogens is 2. The molecule has 0 aliphatic rings. The number of H-pyrrole nitrogens is 2. The molecule has 0 aliphatic carbocycles. The van der Waals surface area contributed by atoms with E-state index in [0.29, 0.717) is 0 Å². The average molecular weight is 299 g/mol. The van der Waals surface area contributed by atoms with Crippen molar-refractivity contribution in [2.75, 3.05) is 4.72 Å². The maximum atomic E-state index is 13.4. The lowest BCUT2D eigenvalue weighted by atomic mass is 10.3. The summed E-state index contributed by atoms with van der Waals surface area (Å²) < 4.78 is 39.6. The van der Waals surface area contributed by atoms with Crippen LogP contribution in [0, 0.1) is 12.7 Å². The van der Waals surface area contributed by atoms with E-state index in [-0.39, 0.29) is 11.4 Å². The Balaban J connectivity index is 2.55. The molecule has 2 aromatic rings. The van der Waals surface area contributed by atoms with Crippen LogP contribution < -0.4 is 16.0 Å². The predicted octanol–water partition coefficient (Wildman–Crippen LogP) is 0.312. The van der Waals surface area contributed by atoms with Gasteiger partial charge >= 0.3 is 5.69 Å². The van der Waals surface area contributed by atoms with E-state index >= 15 is 0 Å². The fourth-order valence-corrected chi connectivity index (χ4v) is 2.96. The molecule has 1 heterocycles. The summed E-state index contributed by atoms with van der Waals surface area (Å²) in [6.45, 7) is 1.26. The minimum absolute atomic E-state index is 0.136. The predicted molar refractivity (Wildman–Crippen MR) is 69.6 cm³/mol. The van der Waals surface area contributed by atoms with E-state index < -0.39 is 32.0 Å². The lowest BCUT2D eigenvalue weighted by molar-refractivity contribution is 0.595.